The van der Waals surface area contributed by atoms with Gasteiger partial charge in [-0.3, -0.25) is 0 Å². The molecule has 0 bridgehead atoms. The van der Waals surface area contributed by atoms with Crippen LogP contribution >= 0.6 is 0 Å². The molecule has 0 amide bonds. The van der Waals surface area contributed by atoms with Gasteiger partial charge in [0, 0.05) is 25.2 Å². The van der Waals surface area contributed by atoms with Crippen LogP contribution in [0.15, 0.2) is 12.1 Å². The third kappa shape index (κ3) is 3.11. The number of halogens is 1. The normalized spacial score (nSPS) is 18.9. The van der Waals surface area contributed by atoms with E-state index in [4.69, 9.17) is 10.5 Å². The molecule has 1 aromatic carbocycles. The van der Waals surface area contributed by atoms with Gasteiger partial charge in [0.25, 0.3) is 0 Å². The van der Waals surface area contributed by atoms with Gasteiger partial charge in [0.2, 0.25) is 0 Å². The van der Waals surface area contributed by atoms with Crippen LogP contribution in [-0.4, -0.2) is 19.7 Å². The van der Waals surface area contributed by atoms with E-state index < -0.39 is 0 Å². The summed E-state index contributed by atoms with van der Waals surface area (Å²) in [7, 11) is 0. The van der Waals surface area contributed by atoms with Crippen LogP contribution < -0.4 is 15.4 Å². The monoisotopic (exact) mass is 266 g/mol. The fraction of sp³-hybridized carbons (Fsp3) is 0.600. The lowest BCUT2D eigenvalue weighted by Gasteiger charge is -2.21. The summed E-state index contributed by atoms with van der Waals surface area (Å²) >= 11 is 0. The smallest absolute Gasteiger partial charge is 0.167 e. The Morgan fingerprint density at radius 1 is 1.42 bits per heavy atom. The minimum atomic E-state index is -0.374. The Balaban J connectivity index is 2.20. The molecule has 2 rings (SSSR count). The van der Waals surface area contributed by atoms with E-state index in [-0.39, 0.29) is 5.82 Å². The first-order valence-corrected chi connectivity index (χ1v) is 7.12. The van der Waals surface area contributed by atoms with E-state index in [1.54, 1.807) is 6.07 Å². The highest BCUT2D eigenvalue weighted by atomic mass is 19.1. The van der Waals surface area contributed by atoms with Crippen molar-refractivity contribution < 1.29 is 9.13 Å². The Morgan fingerprint density at radius 2 is 2.21 bits per heavy atom. The minimum Gasteiger partial charge on any atom is -0.490 e. The van der Waals surface area contributed by atoms with Crippen molar-refractivity contribution in [2.24, 2.45) is 5.92 Å². The number of nitrogens with two attached hydrogens (primary N) is 1. The first-order valence-electron chi connectivity index (χ1n) is 7.12. The highest BCUT2D eigenvalue weighted by Crippen LogP contribution is 2.34. The van der Waals surface area contributed by atoms with Crippen molar-refractivity contribution in [1.82, 2.24) is 0 Å². The molecule has 1 heterocycles. The van der Waals surface area contributed by atoms with Gasteiger partial charge in [0.1, 0.15) is 0 Å². The van der Waals surface area contributed by atoms with Crippen LogP contribution in [0.5, 0.6) is 5.75 Å². The van der Waals surface area contributed by atoms with E-state index in [0.29, 0.717) is 24.0 Å². The van der Waals surface area contributed by atoms with Gasteiger partial charge < -0.3 is 15.4 Å². The number of hydrogen-bond donors (Lipinski definition) is 1. The van der Waals surface area contributed by atoms with Gasteiger partial charge >= 0.3 is 0 Å². The summed E-state index contributed by atoms with van der Waals surface area (Å²) in [4.78, 5) is 2.24. The molecule has 0 saturated carbocycles. The van der Waals surface area contributed by atoms with Crippen molar-refractivity contribution in [2.45, 2.75) is 33.1 Å². The molecule has 106 valence electrons. The van der Waals surface area contributed by atoms with Gasteiger partial charge in [-0.05, 0) is 18.8 Å². The highest BCUT2D eigenvalue weighted by Gasteiger charge is 2.23. The Labute approximate surface area is 114 Å². The maximum Gasteiger partial charge on any atom is 0.167 e. The zero-order valence-electron chi connectivity index (χ0n) is 11.8. The molecule has 1 aliphatic rings. The zero-order valence-corrected chi connectivity index (χ0v) is 11.8. The lowest BCUT2D eigenvalue weighted by atomic mass is 10.1. The standard InChI is InChI=1S/C15H23FN2O/c1-3-7-19-15-9-14(13(17)8-12(15)16)18-6-5-11(4-2)10-18/h8-9,11H,3-7,10,17H2,1-2H3. The van der Waals surface area contributed by atoms with Gasteiger partial charge in [-0.15, -0.1) is 0 Å². The molecule has 3 nitrogen and oxygen atoms in total. The van der Waals surface area contributed by atoms with Crippen molar-refractivity contribution >= 4 is 11.4 Å². The number of hydrogen-bond acceptors (Lipinski definition) is 3. The largest absolute Gasteiger partial charge is 0.490 e. The molecule has 1 unspecified atom stereocenters. The van der Waals surface area contributed by atoms with E-state index in [2.05, 4.69) is 11.8 Å². The van der Waals surface area contributed by atoms with Gasteiger partial charge in [-0.2, -0.15) is 0 Å². The van der Waals surface area contributed by atoms with Crippen molar-refractivity contribution in [3.63, 3.8) is 0 Å². The highest BCUT2D eigenvalue weighted by molar-refractivity contribution is 5.70. The summed E-state index contributed by atoms with van der Waals surface area (Å²) in [6, 6.07) is 3.12. The number of nitrogens with zero attached hydrogens (tertiary/aromatic N) is 1. The Hall–Kier alpha value is -1.45. The molecule has 1 aromatic rings. The van der Waals surface area contributed by atoms with Crippen molar-refractivity contribution in [3.05, 3.63) is 17.9 Å². The predicted molar refractivity (Wildman–Crippen MR) is 77.2 cm³/mol. The summed E-state index contributed by atoms with van der Waals surface area (Å²) in [6.45, 7) is 6.72. The summed E-state index contributed by atoms with van der Waals surface area (Å²) in [5.74, 6) is 0.649. The zero-order chi connectivity index (χ0) is 13.8. The van der Waals surface area contributed by atoms with Gasteiger partial charge in [0.15, 0.2) is 11.6 Å². The Kier molecular flexibility index (Phi) is 4.51. The molecule has 1 atom stereocenters. The van der Waals surface area contributed by atoms with Gasteiger partial charge in [0.05, 0.1) is 18.0 Å². The van der Waals surface area contributed by atoms with Crippen molar-refractivity contribution in [3.8, 4) is 5.75 Å². The van der Waals surface area contributed by atoms with E-state index in [9.17, 15) is 4.39 Å². The van der Waals surface area contributed by atoms with E-state index in [1.165, 1.54) is 18.9 Å². The molecule has 0 radical (unpaired) electrons. The Bertz CT molecular complexity index is 436. The average molecular weight is 266 g/mol. The fourth-order valence-electron chi connectivity index (χ4n) is 2.54. The van der Waals surface area contributed by atoms with Crippen LogP contribution in [0.2, 0.25) is 0 Å². The molecular weight excluding hydrogens is 243 g/mol. The lowest BCUT2D eigenvalue weighted by Crippen LogP contribution is -2.21. The summed E-state index contributed by atoms with van der Waals surface area (Å²) in [5, 5.41) is 0. The van der Waals surface area contributed by atoms with E-state index in [0.717, 1.165) is 25.2 Å². The molecule has 0 spiro atoms. The van der Waals surface area contributed by atoms with Gasteiger partial charge in [-0.25, -0.2) is 4.39 Å². The van der Waals surface area contributed by atoms with E-state index in [1.807, 2.05) is 6.92 Å². The molecule has 1 fully saturated rings. The van der Waals surface area contributed by atoms with Crippen molar-refractivity contribution in [2.75, 3.05) is 30.3 Å². The number of benzene rings is 1. The molecular formula is C15H23FN2O. The van der Waals surface area contributed by atoms with Crippen LogP contribution in [0.3, 0.4) is 0 Å². The Morgan fingerprint density at radius 3 is 2.84 bits per heavy atom. The van der Waals surface area contributed by atoms with Crippen LogP contribution in [-0.2, 0) is 0 Å². The number of anilines is 2. The second kappa shape index (κ2) is 6.13. The average Bonchev–Trinajstić information content (AvgIpc) is 2.86. The summed E-state index contributed by atoms with van der Waals surface area (Å²) in [6.07, 6.45) is 3.22. The molecule has 4 heteroatoms. The SMILES string of the molecule is CCCOc1cc(N2CCC(CC)C2)c(N)cc1F. The molecule has 1 aliphatic heterocycles. The second-order valence-electron chi connectivity index (χ2n) is 5.20. The maximum atomic E-state index is 13.8. The first-order chi connectivity index (χ1) is 9.15. The molecule has 2 N–H and O–H groups in total. The summed E-state index contributed by atoms with van der Waals surface area (Å²) in [5.41, 5.74) is 7.35. The topological polar surface area (TPSA) is 38.5 Å². The number of ether oxygens (including phenoxy) is 1. The maximum absolute atomic E-state index is 13.8. The summed E-state index contributed by atoms with van der Waals surface area (Å²) < 4.78 is 19.2. The number of rotatable bonds is 5. The molecule has 0 aliphatic carbocycles. The third-order valence-corrected chi connectivity index (χ3v) is 3.75. The van der Waals surface area contributed by atoms with Crippen LogP contribution in [0.4, 0.5) is 15.8 Å². The molecule has 1 saturated heterocycles. The lowest BCUT2D eigenvalue weighted by molar-refractivity contribution is 0.301. The van der Waals surface area contributed by atoms with Gasteiger partial charge in [-0.1, -0.05) is 20.3 Å². The van der Waals surface area contributed by atoms with Crippen molar-refractivity contribution in [1.29, 1.82) is 0 Å². The number of nitrogen functional groups attached to an aromatic ring is 1. The molecule has 0 aromatic heterocycles. The minimum absolute atomic E-state index is 0.311. The fourth-order valence-corrected chi connectivity index (χ4v) is 2.54. The van der Waals surface area contributed by atoms with Crippen LogP contribution in [0.25, 0.3) is 0 Å². The van der Waals surface area contributed by atoms with Crippen LogP contribution in [0, 0.1) is 11.7 Å². The van der Waals surface area contributed by atoms with E-state index >= 15 is 0 Å². The quantitative estimate of drug-likeness (QED) is 0.830. The van der Waals surface area contributed by atoms with Crippen LogP contribution in [0.1, 0.15) is 33.1 Å². The predicted octanol–water partition coefficient (Wildman–Crippen LogP) is 3.43. The molecule has 19 heavy (non-hydrogen) atoms. The second-order valence-corrected chi connectivity index (χ2v) is 5.20. The first kappa shape index (κ1) is 14.0. The third-order valence-electron chi connectivity index (χ3n) is 3.75.